The number of carbonyl (C=O) groups excluding carboxylic acids is 1. The molecule has 2 saturated heterocycles. The molecule has 4 aliphatic rings. The van der Waals surface area contributed by atoms with E-state index < -0.39 is 76.1 Å². The summed E-state index contributed by atoms with van der Waals surface area (Å²) in [4.78, 5) is 38.4. The number of aliphatic hydroxyl groups is 2. The van der Waals surface area contributed by atoms with Gasteiger partial charge in [0.15, 0.2) is 6.10 Å². The first-order valence-electron chi connectivity index (χ1n) is 12.4. The summed E-state index contributed by atoms with van der Waals surface area (Å²) in [6.07, 6.45) is -0.348. The van der Waals surface area contributed by atoms with Crippen LogP contribution in [0.25, 0.3) is 0 Å². The highest BCUT2D eigenvalue weighted by atomic mass is 16.6. The number of ether oxygens (including phenoxy) is 2. The molecule has 198 valence electrons. The van der Waals surface area contributed by atoms with E-state index in [1.165, 1.54) is 12.5 Å². The van der Waals surface area contributed by atoms with Crippen LogP contribution in [0.2, 0.25) is 0 Å². The molecule has 2 aliphatic carbocycles. The number of carbonyl (C=O) groups is 3. The Labute approximate surface area is 208 Å². The van der Waals surface area contributed by atoms with Gasteiger partial charge in [0.2, 0.25) is 0 Å². The smallest absolute Gasteiger partial charge is 0.335 e. The Bertz CT molecular complexity index is 1100. The molecule has 0 unspecified atom stereocenters. The lowest BCUT2D eigenvalue weighted by molar-refractivity contribution is -0.206. The number of hydrogen-bond donors (Lipinski definition) is 4. The number of hydrogen-bond acceptors (Lipinski definition) is 8. The Morgan fingerprint density at radius 1 is 1.14 bits per heavy atom. The number of ketones is 1. The molecule has 0 bridgehead atoms. The second-order valence-corrected chi connectivity index (χ2v) is 12.0. The second-order valence-electron chi connectivity index (χ2n) is 12.0. The summed E-state index contributed by atoms with van der Waals surface area (Å²) in [7, 11) is 0. The lowest BCUT2D eigenvalue weighted by atomic mass is 9.37. The molecule has 36 heavy (non-hydrogen) atoms. The molecule has 2 saturated carbocycles. The molecule has 2 aliphatic heterocycles. The number of carboxylic acid groups (broad SMARTS) is 2. The SMILES string of the molecule is CC1(C)O[C@@H](CC(=O)O)[C@]2(CO)[C@H]3CC[C@@](C)([C@H](O)c4ccoc4)[C@@]4(O[C@@H]4C(=O)O)[C@]3(C)C(=O)C[C@@H]12. The van der Waals surface area contributed by atoms with Crippen molar-refractivity contribution in [2.75, 3.05) is 6.61 Å². The van der Waals surface area contributed by atoms with Crippen molar-refractivity contribution in [2.45, 2.75) is 82.9 Å². The van der Waals surface area contributed by atoms with Crippen LogP contribution in [0.1, 0.15) is 65.0 Å². The lowest BCUT2D eigenvalue weighted by Gasteiger charge is -2.63. The van der Waals surface area contributed by atoms with Crippen molar-refractivity contribution in [1.82, 2.24) is 0 Å². The van der Waals surface area contributed by atoms with Crippen LogP contribution in [0.3, 0.4) is 0 Å². The van der Waals surface area contributed by atoms with Crippen LogP contribution in [0.5, 0.6) is 0 Å². The van der Waals surface area contributed by atoms with E-state index >= 15 is 0 Å². The van der Waals surface area contributed by atoms with Gasteiger partial charge < -0.3 is 34.3 Å². The zero-order valence-corrected chi connectivity index (χ0v) is 20.9. The van der Waals surface area contributed by atoms with Crippen LogP contribution in [0.15, 0.2) is 23.0 Å². The first kappa shape index (κ1) is 25.4. The maximum atomic E-state index is 14.2. The van der Waals surface area contributed by atoms with E-state index in [0.29, 0.717) is 12.0 Å². The summed E-state index contributed by atoms with van der Waals surface area (Å²) in [5.41, 5.74) is -5.70. The molecule has 4 fully saturated rings. The molecule has 4 N–H and O–H groups in total. The quantitative estimate of drug-likeness (QED) is 0.420. The normalized spacial score (nSPS) is 45.7. The van der Waals surface area contributed by atoms with Gasteiger partial charge in [0.05, 0.1) is 48.8 Å². The zero-order chi connectivity index (χ0) is 26.5. The number of fused-ring (bicyclic) bond motifs is 4. The molecule has 0 aromatic carbocycles. The molecule has 0 radical (unpaired) electrons. The van der Waals surface area contributed by atoms with E-state index in [-0.39, 0.29) is 25.0 Å². The first-order chi connectivity index (χ1) is 16.7. The molecular formula is C26H34O10. The molecule has 1 aromatic heterocycles. The standard InChI is InChI=1S/C26H34O10/c1-22(2)15-9-16(28)24(4)14(25(15,12-27)17(35-22)10-18(29)30)5-7-23(3,19(31)13-6-8-34-11-13)26(24)20(36-26)21(32)33/h6,8,11,14-15,17,19-20,27,31H,5,7,9-10,12H2,1-4H3,(H,29,30)(H,32,33)/t14-,15-,17-,19+,20+,23-,24-,25+,26+/m0/s1. The van der Waals surface area contributed by atoms with Gasteiger partial charge in [0.1, 0.15) is 11.4 Å². The fraction of sp³-hybridized carbons (Fsp3) is 0.731. The maximum Gasteiger partial charge on any atom is 0.335 e. The van der Waals surface area contributed by atoms with Crippen molar-refractivity contribution in [3.63, 3.8) is 0 Å². The third kappa shape index (κ3) is 2.78. The van der Waals surface area contributed by atoms with E-state index in [1.54, 1.807) is 33.8 Å². The van der Waals surface area contributed by atoms with Gasteiger partial charge in [-0.1, -0.05) is 6.92 Å². The Morgan fingerprint density at radius 2 is 1.83 bits per heavy atom. The predicted molar refractivity (Wildman–Crippen MR) is 122 cm³/mol. The van der Waals surface area contributed by atoms with Gasteiger partial charge in [-0.15, -0.1) is 0 Å². The Hall–Kier alpha value is -2.27. The van der Waals surface area contributed by atoms with Crippen molar-refractivity contribution in [2.24, 2.45) is 28.1 Å². The molecule has 10 heteroatoms. The molecule has 10 nitrogen and oxygen atoms in total. The summed E-state index contributed by atoms with van der Waals surface area (Å²) in [6.45, 7) is 6.61. The fourth-order valence-electron chi connectivity index (χ4n) is 8.76. The number of aliphatic carboxylic acids is 2. The Balaban J connectivity index is 1.70. The highest BCUT2D eigenvalue weighted by molar-refractivity contribution is 5.92. The van der Waals surface area contributed by atoms with Gasteiger partial charge in [-0.2, -0.15) is 0 Å². The van der Waals surface area contributed by atoms with Gasteiger partial charge in [0.25, 0.3) is 0 Å². The third-order valence-electron chi connectivity index (χ3n) is 10.4. The number of furan rings is 1. The monoisotopic (exact) mass is 506 g/mol. The molecule has 3 heterocycles. The second kappa shape index (κ2) is 7.63. The Morgan fingerprint density at radius 3 is 2.36 bits per heavy atom. The highest BCUT2D eigenvalue weighted by Gasteiger charge is 2.87. The summed E-state index contributed by atoms with van der Waals surface area (Å²) in [5, 5.41) is 42.2. The van der Waals surface area contributed by atoms with E-state index in [4.69, 9.17) is 13.9 Å². The number of aliphatic hydroxyl groups excluding tert-OH is 2. The van der Waals surface area contributed by atoms with Crippen LogP contribution in [0, 0.1) is 28.1 Å². The van der Waals surface area contributed by atoms with Crippen LogP contribution >= 0.6 is 0 Å². The van der Waals surface area contributed by atoms with Crippen molar-refractivity contribution in [3.8, 4) is 0 Å². The van der Waals surface area contributed by atoms with Crippen molar-refractivity contribution in [1.29, 1.82) is 0 Å². The zero-order valence-electron chi connectivity index (χ0n) is 20.9. The molecule has 5 rings (SSSR count). The molecule has 1 spiro atoms. The average molecular weight is 507 g/mol. The van der Waals surface area contributed by atoms with Crippen LogP contribution in [0.4, 0.5) is 0 Å². The molecular weight excluding hydrogens is 472 g/mol. The summed E-state index contributed by atoms with van der Waals surface area (Å²) < 4.78 is 17.5. The fourth-order valence-corrected chi connectivity index (χ4v) is 8.76. The number of Topliss-reactive ketones (excluding diaryl/α,β-unsaturated/α-hetero) is 1. The third-order valence-corrected chi connectivity index (χ3v) is 10.4. The van der Waals surface area contributed by atoms with Crippen LogP contribution < -0.4 is 0 Å². The van der Waals surface area contributed by atoms with E-state index in [1.807, 2.05) is 0 Å². The first-order valence-corrected chi connectivity index (χ1v) is 12.4. The number of epoxide rings is 1. The predicted octanol–water partition coefficient (Wildman–Crippen LogP) is 2.18. The summed E-state index contributed by atoms with van der Waals surface area (Å²) in [6, 6.07) is 1.60. The van der Waals surface area contributed by atoms with Crippen molar-refractivity contribution >= 4 is 17.7 Å². The minimum atomic E-state index is -1.57. The topological polar surface area (TPSA) is 167 Å². The summed E-state index contributed by atoms with van der Waals surface area (Å²) >= 11 is 0. The largest absolute Gasteiger partial charge is 0.481 e. The maximum absolute atomic E-state index is 14.2. The molecule has 1 aromatic rings. The van der Waals surface area contributed by atoms with Gasteiger partial charge in [0, 0.05) is 28.7 Å². The van der Waals surface area contributed by atoms with Crippen molar-refractivity contribution in [3.05, 3.63) is 24.2 Å². The van der Waals surface area contributed by atoms with Gasteiger partial charge in [-0.25, -0.2) is 4.79 Å². The summed E-state index contributed by atoms with van der Waals surface area (Å²) in [5.74, 6) is -3.63. The van der Waals surface area contributed by atoms with Crippen LogP contribution in [-0.2, 0) is 23.9 Å². The van der Waals surface area contributed by atoms with Gasteiger partial charge in [-0.05, 0) is 45.6 Å². The van der Waals surface area contributed by atoms with Crippen molar-refractivity contribution < 1.29 is 48.7 Å². The van der Waals surface area contributed by atoms with Gasteiger partial charge in [-0.3, -0.25) is 9.59 Å². The average Bonchev–Trinajstić information content (AvgIpc) is 3.27. The van der Waals surface area contributed by atoms with E-state index in [2.05, 4.69) is 0 Å². The molecule has 9 atom stereocenters. The lowest BCUT2D eigenvalue weighted by Crippen LogP contribution is -2.71. The van der Waals surface area contributed by atoms with E-state index in [0.717, 1.165) is 0 Å². The van der Waals surface area contributed by atoms with Gasteiger partial charge >= 0.3 is 11.9 Å². The minimum absolute atomic E-state index is 0.0218. The Kier molecular flexibility index (Phi) is 5.38. The van der Waals surface area contributed by atoms with E-state index in [9.17, 15) is 34.8 Å². The number of carboxylic acids is 2. The van der Waals surface area contributed by atoms with Crippen LogP contribution in [-0.4, -0.2) is 68.2 Å². The number of rotatable bonds is 6. The highest BCUT2D eigenvalue weighted by Crippen LogP contribution is 2.77. The molecule has 0 amide bonds. The minimum Gasteiger partial charge on any atom is -0.481 e.